The molecule has 198 valence electrons. The number of rotatable bonds is 6. The van der Waals surface area contributed by atoms with Gasteiger partial charge in [0, 0.05) is 36.6 Å². The summed E-state index contributed by atoms with van der Waals surface area (Å²) in [6.45, 7) is 2.97. The fourth-order valence-corrected chi connectivity index (χ4v) is 4.64. The number of hydrogen-bond donors (Lipinski definition) is 1. The van der Waals surface area contributed by atoms with Crippen molar-refractivity contribution < 1.29 is 31.1 Å². The standard InChI is InChI=1S/C26H26F6N3OP/c1-16-22(24(36)33-34-8-3-2-4-9-34)14-23(35(16)15-17-6-5-7-21(27)10-17)18-11-19(25(28,29)30)13-20(12-18)26(31,32)37/h5-7,10-14H,2-4,8-9,15,37H2,1H3,(H,33,36). The van der Waals surface area contributed by atoms with Gasteiger partial charge in [0.15, 0.2) is 0 Å². The number of alkyl halides is 5. The first kappa shape index (κ1) is 27.2. The largest absolute Gasteiger partial charge is 0.416 e. The van der Waals surface area contributed by atoms with Gasteiger partial charge in [-0.15, -0.1) is 0 Å². The summed E-state index contributed by atoms with van der Waals surface area (Å²) in [5.41, 5.74) is -1.77. The summed E-state index contributed by atoms with van der Waals surface area (Å²) >= 11 is 0. The van der Waals surface area contributed by atoms with E-state index >= 15 is 0 Å². The molecule has 3 aromatic rings. The summed E-state index contributed by atoms with van der Waals surface area (Å²) in [4.78, 5) is 13.2. The van der Waals surface area contributed by atoms with Gasteiger partial charge in [-0.05, 0) is 67.3 Å². The second-order valence-corrected chi connectivity index (χ2v) is 9.88. The number of nitrogens with one attached hydrogen (secondary N) is 1. The molecule has 1 amide bonds. The van der Waals surface area contributed by atoms with E-state index in [1.807, 2.05) is 0 Å². The number of amides is 1. The van der Waals surface area contributed by atoms with Crippen LogP contribution >= 0.6 is 9.24 Å². The number of carbonyl (C=O) groups is 1. The van der Waals surface area contributed by atoms with Crippen LogP contribution < -0.4 is 5.43 Å². The Morgan fingerprint density at radius 1 is 0.973 bits per heavy atom. The molecule has 0 aliphatic carbocycles. The number of hydrazine groups is 1. The third-order valence-corrected chi connectivity index (χ3v) is 6.73. The summed E-state index contributed by atoms with van der Waals surface area (Å²) < 4.78 is 84.7. The minimum absolute atomic E-state index is 0.0127. The van der Waals surface area contributed by atoms with Crippen molar-refractivity contribution in [3.05, 3.63) is 82.3 Å². The summed E-state index contributed by atoms with van der Waals surface area (Å²) in [5.74, 6) is -0.960. The Hall–Kier alpha value is -2.84. The Morgan fingerprint density at radius 2 is 1.65 bits per heavy atom. The van der Waals surface area contributed by atoms with E-state index in [9.17, 15) is 31.1 Å². The van der Waals surface area contributed by atoms with Crippen LogP contribution in [0.3, 0.4) is 0 Å². The zero-order valence-corrected chi connectivity index (χ0v) is 21.2. The molecule has 37 heavy (non-hydrogen) atoms. The van der Waals surface area contributed by atoms with E-state index in [-0.39, 0.29) is 23.4 Å². The van der Waals surface area contributed by atoms with Crippen LogP contribution in [0.4, 0.5) is 26.3 Å². The summed E-state index contributed by atoms with van der Waals surface area (Å²) in [6.07, 6.45) is -1.98. The van der Waals surface area contributed by atoms with Crippen LogP contribution in [0.25, 0.3) is 11.3 Å². The summed E-state index contributed by atoms with van der Waals surface area (Å²) in [7, 11) is 1.25. The topological polar surface area (TPSA) is 37.3 Å². The quantitative estimate of drug-likeness (QED) is 0.278. The monoisotopic (exact) mass is 541 g/mol. The Bertz CT molecular complexity index is 1260. The molecule has 0 bridgehead atoms. The summed E-state index contributed by atoms with van der Waals surface area (Å²) in [5, 5.41) is 1.78. The van der Waals surface area contributed by atoms with Crippen LogP contribution in [-0.2, 0) is 18.4 Å². The highest BCUT2D eigenvalue weighted by molar-refractivity contribution is 7.17. The molecule has 1 N–H and O–H groups in total. The Labute approximate surface area is 212 Å². The molecule has 1 aliphatic heterocycles. The van der Waals surface area contributed by atoms with Crippen LogP contribution in [0.5, 0.6) is 0 Å². The lowest BCUT2D eigenvalue weighted by atomic mass is 10.0. The van der Waals surface area contributed by atoms with Crippen LogP contribution in [0, 0.1) is 12.7 Å². The second kappa shape index (κ2) is 10.5. The zero-order valence-electron chi connectivity index (χ0n) is 20.0. The van der Waals surface area contributed by atoms with E-state index in [4.69, 9.17) is 0 Å². The molecule has 1 saturated heterocycles. The molecule has 1 aromatic heterocycles. The number of halogens is 6. The Balaban J connectivity index is 1.85. The van der Waals surface area contributed by atoms with Gasteiger partial charge in [0.1, 0.15) is 5.82 Å². The maximum absolute atomic E-state index is 14.2. The van der Waals surface area contributed by atoms with E-state index in [1.54, 1.807) is 22.6 Å². The van der Waals surface area contributed by atoms with Crippen LogP contribution in [0.2, 0.25) is 0 Å². The minimum Gasteiger partial charge on any atom is -0.340 e. The van der Waals surface area contributed by atoms with Gasteiger partial charge in [0.25, 0.3) is 11.6 Å². The van der Waals surface area contributed by atoms with Crippen molar-refractivity contribution in [1.29, 1.82) is 0 Å². The average Bonchev–Trinajstić information content (AvgIpc) is 3.14. The van der Waals surface area contributed by atoms with Gasteiger partial charge >= 0.3 is 6.18 Å². The van der Waals surface area contributed by atoms with Crippen molar-refractivity contribution in [2.45, 2.75) is 44.6 Å². The van der Waals surface area contributed by atoms with E-state index in [0.717, 1.165) is 31.4 Å². The molecule has 2 aromatic carbocycles. The van der Waals surface area contributed by atoms with Crippen LogP contribution in [0.15, 0.2) is 48.5 Å². The molecule has 4 rings (SSSR count). The lowest BCUT2D eigenvalue weighted by Crippen LogP contribution is -2.45. The lowest BCUT2D eigenvalue weighted by Gasteiger charge is -2.26. The van der Waals surface area contributed by atoms with Gasteiger partial charge in [-0.3, -0.25) is 10.2 Å². The van der Waals surface area contributed by atoms with E-state index in [2.05, 4.69) is 5.43 Å². The maximum Gasteiger partial charge on any atom is 0.416 e. The molecule has 0 saturated carbocycles. The van der Waals surface area contributed by atoms with Crippen molar-refractivity contribution in [1.82, 2.24) is 15.0 Å². The number of nitrogens with zero attached hydrogens (tertiary/aromatic N) is 2. The molecule has 4 nitrogen and oxygen atoms in total. The minimum atomic E-state index is -4.87. The number of piperidine rings is 1. The van der Waals surface area contributed by atoms with Crippen molar-refractivity contribution in [3.63, 3.8) is 0 Å². The first-order chi connectivity index (χ1) is 17.3. The fraction of sp³-hybridized carbons (Fsp3) is 0.346. The molecule has 0 radical (unpaired) electrons. The predicted octanol–water partition coefficient (Wildman–Crippen LogP) is 6.72. The van der Waals surface area contributed by atoms with Crippen LogP contribution in [-0.4, -0.2) is 28.6 Å². The number of benzene rings is 2. The molecular weight excluding hydrogens is 515 g/mol. The summed E-state index contributed by atoms with van der Waals surface area (Å²) in [6, 6.07) is 9.21. The number of aromatic nitrogens is 1. The molecule has 1 aliphatic rings. The third kappa shape index (κ3) is 6.36. The molecule has 1 atom stereocenters. The van der Waals surface area contributed by atoms with Gasteiger partial charge < -0.3 is 4.57 Å². The van der Waals surface area contributed by atoms with Crippen LogP contribution in [0.1, 0.15) is 52.0 Å². The van der Waals surface area contributed by atoms with Crippen molar-refractivity contribution in [2.75, 3.05) is 13.1 Å². The van der Waals surface area contributed by atoms with Gasteiger partial charge in [-0.25, -0.2) is 9.40 Å². The molecule has 11 heteroatoms. The van der Waals surface area contributed by atoms with Gasteiger partial charge in [-0.1, -0.05) is 27.8 Å². The predicted molar refractivity (Wildman–Crippen MR) is 132 cm³/mol. The lowest BCUT2D eigenvalue weighted by molar-refractivity contribution is -0.137. The average molecular weight is 541 g/mol. The number of carbonyl (C=O) groups excluding carboxylic acids is 1. The zero-order chi connectivity index (χ0) is 27.0. The van der Waals surface area contributed by atoms with Crippen molar-refractivity contribution in [3.8, 4) is 11.3 Å². The molecular formula is C26H26F6N3OP. The SMILES string of the molecule is Cc1c(C(=O)NN2CCCCC2)cc(-c2cc(C(F)(F)F)cc(C(F)(F)P)c2)n1Cc1cccc(F)c1. The first-order valence-electron chi connectivity index (χ1n) is 11.7. The number of hydrogen-bond acceptors (Lipinski definition) is 2. The first-order valence-corrected chi connectivity index (χ1v) is 12.3. The molecule has 2 heterocycles. The van der Waals surface area contributed by atoms with E-state index in [0.29, 0.717) is 30.4 Å². The van der Waals surface area contributed by atoms with Gasteiger partial charge in [-0.2, -0.15) is 22.0 Å². The third-order valence-electron chi connectivity index (χ3n) is 6.40. The molecule has 1 unspecified atom stereocenters. The van der Waals surface area contributed by atoms with Crippen molar-refractivity contribution in [2.24, 2.45) is 0 Å². The Kier molecular flexibility index (Phi) is 7.72. The molecule has 0 spiro atoms. The molecule has 1 fully saturated rings. The van der Waals surface area contributed by atoms with Crippen molar-refractivity contribution >= 4 is 15.1 Å². The Morgan fingerprint density at radius 3 is 2.27 bits per heavy atom. The highest BCUT2D eigenvalue weighted by Crippen LogP contribution is 2.41. The van der Waals surface area contributed by atoms with E-state index in [1.165, 1.54) is 33.5 Å². The normalized spacial score (nSPS) is 15.1. The fourth-order valence-electron chi connectivity index (χ4n) is 4.48. The smallest absolute Gasteiger partial charge is 0.340 e. The van der Waals surface area contributed by atoms with E-state index < -0.39 is 34.7 Å². The highest BCUT2D eigenvalue weighted by Gasteiger charge is 2.35. The van der Waals surface area contributed by atoms with Gasteiger partial charge in [0.2, 0.25) is 0 Å². The maximum atomic E-state index is 14.2. The second-order valence-electron chi connectivity index (χ2n) is 9.15. The van der Waals surface area contributed by atoms with Gasteiger partial charge in [0.05, 0.1) is 11.1 Å². The highest BCUT2D eigenvalue weighted by atomic mass is 31.0.